The van der Waals surface area contributed by atoms with Crippen LogP contribution in [0.4, 0.5) is 4.39 Å². The zero-order valence-corrected chi connectivity index (χ0v) is 18.8. The van der Waals surface area contributed by atoms with Gasteiger partial charge in [-0.05, 0) is 63.5 Å². The van der Waals surface area contributed by atoms with Gasteiger partial charge >= 0.3 is 20.2 Å². The summed E-state index contributed by atoms with van der Waals surface area (Å²) >= 11 is 0. The minimum Gasteiger partial charge on any atom is -0.480 e. The van der Waals surface area contributed by atoms with Gasteiger partial charge in [0.15, 0.2) is 11.8 Å². The zero-order chi connectivity index (χ0) is 25.4. The normalized spacial score (nSPS) is 11.4. The highest BCUT2D eigenvalue weighted by molar-refractivity contribution is 7.04. The van der Waals surface area contributed by atoms with E-state index >= 15 is 0 Å². The molecule has 1 amide bonds. The van der Waals surface area contributed by atoms with Gasteiger partial charge < -0.3 is 30.5 Å². The predicted molar refractivity (Wildman–Crippen MR) is 124 cm³/mol. The summed E-state index contributed by atoms with van der Waals surface area (Å²) in [6.07, 6.45) is 1.17. The number of aliphatic carboxylic acids is 1. The molecule has 0 saturated heterocycles. The van der Waals surface area contributed by atoms with Crippen molar-refractivity contribution >= 4 is 51.9 Å². The van der Waals surface area contributed by atoms with Crippen LogP contribution >= 0.6 is 9.03 Å². The van der Waals surface area contributed by atoms with Crippen molar-refractivity contribution in [3.05, 3.63) is 58.9 Å². The molecule has 10 nitrogen and oxygen atoms in total. The average Bonchev–Trinajstić information content (AvgIpc) is 2.79. The van der Waals surface area contributed by atoms with Gasteiger partial charge in [-0.15, -0.1) is 0 Å². The van der Waals surface area contributed by atoms with E-state index < -0.39 is 43.8 Å². The molecular formula is C20H22B2FN2O8P. The molecule has 1 atom stereocenters. The van der Waals surface area contributed by atoms with Crippen LogP contribution in [0.15, 0.2) is 41.1 Å². The van der Waals surface area contributed by atoms with Crippen LogP contribution in [0.2, 0.25) is 0 Å². The number of hydrogen-bond acceptors (Lipinski definition) is 8. The molecule has 0 unspecified atom stereocenters. The van der Waals surface area contributed by atoms with Gasteiger partial charge in [0, 0.05) is 23.2 Å². The van der Waals surface area contributed by atoms with Crippen molar-refractivity contribution in [2.45, 2.75) is 25.3 Å². The fourth-order valence-electron chi connectivity index (χ4n) is 3.13. The second-order valence-corrected chi connectivity index (χ2v) is 7.69. The molecule has 0 aromatic heterocycles. The minimum atomic E-state index is -2.01. The molecule has 0 saturated carbocycles. The van der Waals surface area contributed by atoms with E-state index in [2.05, 4.69) is 19.1 Å². The number of unbranched alkanes of at least 4 members (excludes halogenated alkanes) is 1. The molecule has 0 spiro atoms. The number of carbonyl (C=O) groups excluding carboxylic acids is 2. The predicted octanol–water partition coefficient (Wildman–Crippen LogP) is -0.904. The molecule has 0 fully saturated rings. The highest BCUT2D eigenvalue weighted by Crippen LogP contribution is 2.13. The number of ketones is 1. The van der Waals surface area contributed by atoms with Gasteiger partial charge in [0.1, 0.15) is 5.82 Å². The van der Waals surface area contributed by atoms with E-state index in [4.69, 9.17) is 5.11 Å². The van der Waals surface area contributed by atoms with Crippen molar-refractivity contribution in [2.75, 3.05) is 6.54 Å². The van der Waals surface area contributed by atoms with Gasteiger partial charge in [0.05, 0.1) is 0 Å². The Balaban J connectivity index is 2.18. The lowest BCUT2D eigenvalue weighted by atomic mass is 9.77. The molecule has 34 heavy (non-hydrogen) atoms. The summed E-state index contributed by atoms with van der Waals surface area (Å²) in [6.45, 7) is 0.184. The van der Waals surface area contributed by atoms with Crippen molar-refractivity contribution in [3.8, 4) is 0 Å². The fraction of sp³-hybridized carbons (Fsp3) is 0.250. The Morgan fingerprint density at radius 1 is 0.912 bits per heavy atom. The van der Waals surface area contributed by atoms with Crippen LogP contribution in [0, 0.1) is 5.82 Å². The Kier molecular flexibility index (Phi) is 10.0. The van der Waals surface area contributed by atoms with E-state index in [1.807, 2.05) is 0 Å². The molecule has 0 aliphatic heterocycles. The molecule has 2 rings (SSSR count). The maximum atomic E-state index is 13.8. The Morgan fingerprint density at radius 3 is 2.03 bits per heavy atom. The lowest BCUT2D eigenvalue weighted by Crippen LogP contribution is -2.33. The van der Waals surface area contributed by atoms with Gasteiger partial charge in [0.2, 0.25) is 0 Å². The Bertz CT molecular complexity index is 1090. The SMILES string of the molecule is O=C(NCCCC[C@H](N=P)C(=O)O)c1cc(B(O)O)cc(C(=O)c2cc(F)cc(B(O)O)c2)c1. The van der Waals surface area contributed by atoms with Crippen molar-refractivity contribution in [1.82, 2.24) is 5.32 Å². The molecular weight excluding hydrogens is 468 g/mol. The monoisotopic (exact) mass is 490 g/mol. The highest BCUT2D eigenvalue weighted by Gasteiger charge is 2.22. The van der Waals surface area contributed by atoms with Gasteiger partial charge in [-0.2, -0.15) is 0 Å². The van der Waals surface area contributed by atoms with E-state index in [-0.39, 0.29) is 40.6 Å². The summed E-state index contributed by atoms with van der Waals surface area (Å²) in [5.74, 6) is -3.37. The highest BCUT2D eigenvalue weighted by atomic mass is 31.0. The van der Waals surface area contributed by atoms with E-state index in [9.17, 15) is 38.9 Å². The van der Waals surface area contributed by atoms with Crippen LogP contribution in [0.3, 0.4) is 0 Å². The molecule has 178 valence electrons. The number of halogens is 1. The molecule has 2 aromatic rings. The maximum absolute atomic E-state index is 13.8. The number of carbonyl (C=O) groups is 3. The fourth-order valence-corrected chi connectivity index (χ4v) is 3.37. The first-order chi connectivity index (χ1) is 16.0. The number of benzene rings is 2. The van der Waals surface area contributed by atoms with E-state index in [1.54, 1.807) is 0 Å². The Labute approximate surface area is 197 Å². The van der Waals surface area contributed by atoms with Crippen molar-refractivity contribution in [2.24, 2.45) is 4.74 Å². The Hall–Kier alpha value is -2.95. The third-order valence-electron chi connectivity index (χ3n) is 4.89. The quantitative estimate of drug-likeness (QED) is 0.0960. The molecule has 0 heterocycles. The topological polar surface area (TPSA) is 177 Å². The zero-order valence-electron chi connectivity index (χ0n) is 17.8. The standard InChI is InChI=1S/C20H22B2FN2O8P/c23-16-9-12(7-15(10-16)22(32)33)18(26)11-5-13(8-14(6-11)21(30)31)19(27)24-4-2-1-3-17(25-34)20(28)29/h5-10,17,30-34H,1-4H2,(H,24,27)(H,28,29)/t17-/m0/s1. The number of carboxylic acids is 1. The third kappa shape index (κ3) is 7.54. The van der Waals surface area contributed by atoms with Crippen molar-refractivity contribution < 1.29 is 44.0 Å². The molecule has 0 bridgehead atoms. The second kappa shape index (κ2) is 12.5. The number of hydrogen-bond donors (Lipinski definition) is 6. The largest absolute Gasteiger partial charge is 0.488 e. The summed E-state index contributed by atoms with van der Waals surface area (Å²) in [5, 5.41) is 49.2. The summed E-state index contributed by atoms with van der Waals surface area (Å²) in [7, 11) is -1.19. The first-order valence-electron chi connectivity index (χ1n) is 10.1. The summed E-state index contributed by atoms with van der Waals surface area (Å²) in [4.78, 5) is 36.4. The summed E-state index contributed by atoms with van der Waals surface area (Å²) < 4.78 is 17.4. The molecule has 0 radical (unpaired) electrons. The minimum absolute atomic E-state index is 0.0636. The number of nitrogens with zero attached hydrogens (tertiary/aromatic N) is 1. The number of carboxylic acid groups (broad SMARTS) is 1. The van der Waals surface area contributed by atoms with Crippen LogP contribution in [-0.4, -0.2) is 69.7 Å². The lowest BCUT2D eigenvalue weighted by molar-refractivity contribution is -0.138. The van der Waals surface area contributed by atoms with Crippen molar-refractivity contribution in [3.63, 3.8) is 0 Å². The van der Waals surface area contributed by atoms with E-state index in [0.717, 1.165) is 24.3 Å². The molecule has 0 aliphatic carbocycles. The van der Waals surface area contributed by atoms with Crippen LogP contribution in [0.1, 0.15) is 45.5 Å². The number of amides is 1. The Morgan fingerprint density at radius 2 is 1.47 bits per heavy atom. The number of nitrogens with one attached hydrogen (secondary N) is 1. The van der Waals surface area contributed by atoms with Crippen LogP contribution in [-0.2, 0) is 4.79 Å². The lowest BCUT2D eigenvalue weighted by Gasteiger charge is -2.11. The molecule has 0 aliphatic rings. The summed E-state index contributed by atoms with van der Waals surface area (Å²) in [6, 6.07) is 5.38. The maximum Gasteiger partial charge on any atom is 0.488 e. The van der Waals surface area contributed by atoms with Gasteiger partial charge in [-0.1, -0.05) is 12.1 Å². The molecule has 2 aromatic carbocycles. The molecule has 6 N–H and O–H groups in total. The smallest absolute Gasteiger partial charge is 0.480 e. The first-order valence-corrected chi connectivity index (χ1v) is 10.6. The third-order valence-corrected chi connectivity index (χ3v) is 5.20. The average molecular weight is 490 g/mol. The second-order valence-electron chi connectivity index (χ2n) is 7.43. The first kappa shape index (κ1) is 27.3. The molecule has 14 heteroatoms. The van der Waals surface area contributed by atoms with Gasteiger partial charge in [-0.3, -0.25) is 14.3 Å². The van der Waals surface area contributed by atoms with Crippen LogP contribution < -0.4 is 16.2 Å². The van der Waals surface area contributed by atoms with Crippen LogP contribution in [0.25, 0.3) is 0 Å². The van der Waals surface area contributed by atoms with E-state index in [0.29, 0.717) is 12.8 Å². The van der Waals surface area contributed by atoms with Gasteiger partial charge in [0.25, 0.3) is 5.91 Å². The summed E-state index contributed by atoms with van der Waals surface area (Å²) in [5.41, 5.74) is -0.853. The van der Waals surface area contributed by atoms with Crippen molar-refractivity contribution in [1.29, 1.82) is 0 Å². The van der Waals surface area contributed by atoms with E-state index in [1.165, 1.54) is 12.1 Å². The number of rotatable bonds is 12. The van der Waals surface area contributed by atoms with Gasteiger partial charge in [-0.25, -0.2) is 9.18 Å². The van der Waals surface area contributed by atoms with Crippen LogP contribution in [0.5, 0.6) is 0 Å².